The number of benzene rings is 2. The normalized spacial score (nSPS) is 14.9. The van der Waals surface area contributed by atoms with E-state index in [9.17, 15) is 0 Å². The molecule has 1 aliphatic heterocycles. The Bertz CT molecular complexity index is 744. The van der Waals surface area contributed by atoms with Crippen molar-refractivity contribution < 1.29 is 14.2 Å². The number of hydrogen-bond acceptors (Lipinski definition) is 4. The van der Waals surface area contributed by atoms with Crippen LogP contribution in [0.15, 0.2) is 36.4 Å². The molecule has 0 radical (unpaired) electrons. The Labute approximate surface area is 167 Å². The van der Waals surface area contributed by atoms with Crippen LogP contribution in [-0.4, -0.2) is 44.9 Å². The van der Waals surface area contributed by atoms with Gasteiger partial charge in [-0.1, -0.05) is 17.7 Å². The minimum Gasteiger partial charge on any atom is -0.497 e. The van der Waals surface area contributed by atoms with E-state index in [-0.39, 0.29) is 0 Å². The molecule has 0 unspecified atom stereocenters. The molecular formula is C22H28ClNO3. The van der Waals surface area contributed by atoms with Crippen molar-refractivity contribution in [3.8, 4) is 11.5 Å². The molecule has 146 valence electrons. The second-order valence-corrected chi connectivity index (χ2v) is 7.30. The lowest BCUT2D eigenvalue weighted by Gasteiger charge is -2.26. The molecule has 1 saturated heterocycles. The molecule has 2 aromatic carbocycles. The van der Waals surface area contributed by atoms with Gasteiger partial charge in [-0.2, -0.15) is 0 Å². The lowest BCUT2D eigenvalue weighted by Crippen LogP contribution is -2.36. The molecule has 5 heteroatoms. The van der Waals surface area contributed by atoms with Gasteiger partial charge in [-0.3, -0.25) is 4.90 Å². The van der Waals surface area contributed by atoms with Gasteiger partial charge in [0.2, 0.25) is 0 Å². The number of hydrogen-bond donors (Lipinski definition) is 0. The summed E-state index contributed by atoms with van der Waals surface area (Å²) in [7, 11) is 1.70. The van der Waals surface area contributed by atoms with Gasteiger partial charge >= 0.3 is 0 Å². The molecule has 0 aromatic heterocycles. The number of morpholine rings is 1. The Morgan fingerprint density at radius 3 is 2.56 bits per heavy atom. The molecule has 4 nitrogen and oxygen atoms in total. The number of nitrogens with zero attached hydrogens (tertiary/aromatic N) is 1. The second-order valence-electron chi connectivity index (χ2n) is 6.89. The van der Waals surface area contributed by atoms with Crippen LogP contribution in [0.1, 0.15) is 23.1 Å². The van der Waals surface area contributed by atoms with Crippen molar-refractivity contribution in [2.75, 3.05) is 40.0 Å². The van der Waals surface area contributed by atoms with Gasteiger partial charge in [0.15, 0.2) is 0 Å². The average molecular weight is 390 g/mol. The summed E-state index contributed by atoms with van der Waals surface area (Å²) in [5.41, 5.74) is 3.50. The zero-order valence-corrected chi connectivity index (χ0v) is 16.9. The highest BCUT2D eigenvalue weighted by Gasteiger charge is 2.11. The van der Waals surface area contributed by atoms with Crippen LogP contribution in [0.25, 0.3) is 0 Å². The third-order valence-corrected chi connectivity index (χ3v) is 5.39. The Hall–Kier alpha value is -1.75. The smallest absolute Gasteiger partial charge is 0.120 e. The summed E-state index contributed by atoms with van der Waals surface area (Å²) in [5.74, 6) is 1.69. The largest absolute Gasteiger partial charge is 0.497 e. The molecule has 1 aliphatic rings. The number of aryl methyl sites for hydroxylation is 2. The van der Waals surface area contributed by atoms with Gasteiger partial charge < -0.3 is 14.2 Å². The van der Waals surface area contributed by atoms with Gasteiger partial charge in [0.1, 0.15) is 18.1 Å². The standard InChI is InChI=1S/C22H28ClNO3/c1-17-14-21(7-8-22(17)23)27-16-19-15-20(25-2)6-5-18(19)4-3-9-24-10-12-26-13-11-24/h5-8,14-15H,3-4,9-13,16H2,1-2H3. The van der Waals surface area contributed by atoms with E-state index < -0.39 is 0 Å². The zero-order valence-electron chi connectivity index (χ0n) is 16.2. The van der Waals surface area contributed by atoms with Gasteiger partial charge in [0.05, 0.1) is 20.3 Å². The van der Waals surface area contributed by atoms with Crippen LogP contribution in [0.4, 0.5) is 0 Å². The second kappa shape index (κ2) is 9.98. The molecule has 3 rings (SSSR count). The van der Waals surface area contributed by atoms with E-state index in [1.807, 2.05) is 31.2 Å². The van der Waals surface area contributed by atoms with Gasteiger partial charge in [-0.15, -0.1) is 0 Å². The van der Waals surface area contributed by atoms with Gasteiger partial charge in [-0.05, 0) is 73.3 Å². The minimum atomic E-state index is 0.519. The molecule has 1 fully saturated rings. The van der Waals surface area contributed by atoms with E-state index in [1.165, 1.54) is 11.1 Å². The maximum atomic E-state index is 6.10. The molecule has 0 amide bonds. The predicted octanol–water partition coefficient (Wildman–Crippen LogP) is 4.50. The summed E-state index contributed by atoms with van der Waals surface area (Å²) in [6.07, 6.45) is 2.15. The van der Waals surface area contributed by atoms with Gasteiger partial charge in [0.25, 0.3) is 0 Å². The lowest BCUT2D eigenvalue weighted by molar-refractivity contribution is 0.0374. The number of halogens is 1. The molecule has 0 bridgehead atoms. The van der Waals surface area contributed by atoms with Crippen molar-refractivity contribution in [3.63, 3.8) is 0 Å². The average Bonchev–Trinajstić information content (AvgIpc) is 2.70. The van der Waals surface area contributed by atoms with Crippen molar-refractivity contribution in [2.24, 2.45) is 0 Å². The highest BCUT2D eigenvalue weighted by Crippen LogP contribution is 2.24. The van der Waals surface area contributed by atoms with E-state index >= 15 is 0 Å². The lowest BCUT2D eigenvalue weighted by atomic mass is 10.0. The van der Waals surface area contributed by atoms with E-state index in [2.05, 4.69) is 17.0 Å². The highest BCUT2D eigenvalue weighted by molar-refractivity contribution is 6.31. The van der Waals surface area contributed by atoms with Crippen molar-refractivity contribution in [2.45, 2.75) is 26.4 Å². The summed E-state index contributed by atoms with van der Waals surface area (Å²) in [6, 6.07) is 12.0. The third kappa shape index (κ3) is 5.86. The number of methoxy groups -OCH3 is 1. The number of ether oxygens (including phenoxy) is 3. The van der Waals surface area contributed by atoms with Crippen LogP contribution in [0, 0.1) is 6.92 Å². The maximum Gasteiger partial charge on any atom is 0.120 e. The summed E-state index contributed by atoms with van der Waals surface area (Å²) >= 11 is 6.10. The van der Waals surface area contributed by atoms with Gasteiger partial charge in [0, 0.05) is 18.1 Å². The third-order valence-electron chi connectivity index (χ3n) is 4.96. The van der Waals surface area contributed by atoms with Crippen LogP contribution in [0.5, 0.6) is 11.5 Å². The summed E-state index contributed by atoms with van der Waals surface area (Å²) < 4.78 is 16.8. The predicted molar refractivity (Wildman–Crippen MR) is 109 cm³/mol. The van der Waals surface area contributed by atoms with Crippen LogP contribution in [-0.2, 0) is 17.8 Å². The first-order valence-electron chi connectivity index (χ1n) is 9.50. The summed E-state index contributed by atoms with van der Waals surface area (Å²) in [6.45, 7) is 7.38. The Morgan fingerprint density at radius 1 is 1.04 bits per heavy atom. The van der Waals surface area contributed by atoms with Gasteiger partial charge in [-0.25, -0.2) is 0 Å². The van der Waals surface area contributed by atoms with E-state index in [4.69, 9.17) is 25.8 Å². The van der Waals surface area contributed by atoms with E-state index in [0.717, 1.165) is 67.8 Å². The summed E-state index contributed by atoms with van der Waals surface area (Å²) in [5, 5.41) is 0.757. The van der Waals surface area contributed by atoms with E-state index in [1.54, 1.807) is 7.11 Å². The maximum absolute atomic E-state index is 6.10. The molecule has 0 N–H and O–H groups in total. The van der Waals surface area contributed by atoms with Crippen molar-refractivity contribution in [1.82, 2.24) is 4.90 Å². The zero-order chi connectivity index (χ0) is 19.1. The molecule has 2 aromatic rings. The van der Waals surface area contributed by atoms with E-state index in [0.29, 0.717) is 6.61 Å². The molecule has 1 heterocycles. The fourth-order valence-corrected chi connectivity index (χ4v) is 3.41. The first kappa shape index (κ1) is 20.0. The van der Waals surface area contributed by atoms with Crippen molar-refractivity contribution >= 4 is 11.6 Å². The fourth-order valence-electron chi connectivity index (χ4n) is 3.29. The molecule has 0 spiro atoms. The first-order valence-corrected chi connectivity index (χ1v) is 9.88. The molecule has 27 heavy (non-hydrogen) atoms. The number of rotatable bonds is 8. The fraction of sp³-hybridized carbons (Fsp3) is 0.455. The summed E-state index contributed by atoms with van der Waals surface area (Å²) in [4.78, 5) is 2.47. The molecule has 0 saturated carbocycles. The van der Waals surface area contributed by atoms with Crippen LogP contribution in [0.2, 0.25) is 5.02 Å². The van der Waals surface area contributed by atoms with Crippen LogP contribution in [0.3, 0.4) is 0 Å². The van der Waals surface area contributed by atoms with Crippen LogP contribution < -0.4 is 9.47 Å². The Balaban J connectivity index is 1.62. The minimum absolute atomic E-state index is 0.519. The first-order chi connectivity index (χ1) is 13.2. The topological polar surface area (TPSA) is 30.9 Å². The molecule has 0 aliphatic carbocycles. The highest BCUT2D eigenvalue weighted by atomic mass is 35.5. The van der Waals surface area contributed by atoms with Crippen molar-refractivity contribution in [3.05, 3.63) is 58.1 Å². The monoisotopic (exact) mass is 389 g/mol. The SMILES string of the molecule is COc1ccc(CCCN2CCOCC2)c(COc2ccc(Cl)c(C)c2)c1. The quantitative estimate of drug-likeness (QED) is 0.665. The van der Waals surface area contributed by atoms with Crippen molar-refractivity contribution in [1.29, 1.82) is 0 Å². The molecular weight excluding hydrogens is 362 g/mol. The Kier molecular flexibility index (Phi) is 7.39. The Morgan fingerprint density at radius 2 is 1.81 bits per heavy atom. The van der Waals surface area contributed by atoms with Crippen LogP contribution >= 0.6 is 11.6 Å². The molecule has 0 atom stereocenters.